The highest BCUT2D eigenvalue weighted by Crippen LogP contribution is 2.38. The molecule has 0 unspecified atom stereocenters. The lowest BCUT2D eigenvalue weighted by atomic mass is 10.1. The van der Waals surface area contributed by atoms with Crippen molar-refractivity contribution in [2.45, 2.75) is 40.2 Å². The molecule has 9 heteroatoms. The van der Waals surface area contributed by atoms with Crippen LogP contribution >= 0.6 is 11.3 Å². The molecule has 0 radical (unpaired) electrons. The molecule has 3 rings (SSSR count). The van der Waals surface area contributed by atoms with Gasteiger partial charge in [0, 0.05) is 18.7 Å². The van der Waals surface area contributed by atoms with E-state index < -0.39 is 0 Å². The van der Waals surface area contributed by atoms with Gasteiger partial charge < -0.3 is 18.9 Å². The Kier molecular flexibility index (Phi) is 8.70. The van der Waals surface area contributed by atoms with Gasteiger partial charge in [0.05, 0.1) is 32.7 Å². The smallest absolute Gasteiger partial charge is 0.306 e. The Bertz CT molecular complexity index is 1180. The third-order valence-corrected chi connectivity index (χ3v) is 6.39. The SMILES string of the molecule is COc1cc(CCC(=O)OCc2csc(N(C(C)=O)c3ccc(C)c(C)c3)n2)cc(OC)c1OC. The minimum absolute atomic E-state index is 0.0310. The highest BCUT2D eigenvalue weighted by Gasteiger charge is 2.19. The molecule has 0 bridgehead atoms. The van der Waals surface area contributed by atoms with Gasteiger partial charge in [0.15, 0.2) is 16.6 Å². The number of ether oxygens (including phenoxy) is 4. The van der Waals surface area contributed by atoms with E-state index in [1.54, 1.807) is 31.6 Å². The molecule has 0 aliphatic rings. The van der Waals surface area contributed by atoms with E-state index in [1.165, 1.54) is 18.3 Å². The molecule has 0 atom stereocenters. The summed E-state index contributed by atoms with van der Waals surface area (Å²) >= 11 is 1.33. The standard InChI is InChI=1S/C26H30N2O6S/c1-16-7-9-21(11-17(16)2)28(18(3)29)26-27-20(15-35-26)14-34-24(30)10-8-19-12-22(31-4)25(33-6)23(13-19)32-5/h7,9,11-13,15H,8,10,14H2,1-6H3. The van der Waals surface area contributed by atoms with E-state index in [0.717, 1.165) is 22.4 Å². The van der Waals surface area contributed by atoms with Gasteiger partial charge >= 0.3 is 5.97 Å². The number of thiazole rings is 1. The number of carbonyl (C=O) groups is 2. The zero-order valence-corrected chi connectivity index (χ0v) is 21.7. The number of rotatable bonds is 10. The van der Waals surface area contributed by atoms with Crippen molar-refractivity contribution in [3.63, 3.8) is 0 Å². The van der Waals surface area contributed by atoms with Crippen molar-refractivity contribution < 1.29 is 28.5 Å². The molecule has 0 aliphatic carbocycles. The molecule has 1 heterocycles. The maximum atomic E-state index is 12.4. The summed E-state index contributed by atoms with van der Waals surface area (Å²) in [6.07, 6.45) is 0.626. The largest absolute Gasteiger partial charge is 0.493 e. The first-order valence-electron chi connectivity index (χ1n) is 11.0. The van der Waals surface area contributed by atoms with Gasteiger partial charge in [-0.3, -0.25) is 14.5 Å². The van der Waals surface area contributed by atoms with Crippen molar-refractivity contribution >= 4 is 34.0 Å². The van der Waals surface area contributed by atoms with Crippen molar-refractivity contribution in [2.24, 2.45) is 0 Å². The predicted molar refractivity (Wildman–Crippen MR) is 135 cm³/mol. The predicted octanol–water partition coefficient (Wildman–Crippen LogP) is 5.15. The quantitative estimate of drug-likeness (QED) is 0.357. The molecule has 2 aromatic carbocycles. The van der Waals surface area contributed by atoms with E-state index in [1.807, 2.05) is 44.2 Å². The maximum absolute atomic E-state index is 12.4. The molecule has 1 aromatic heterocycles. The molecule has 8 nitrogen and oxygen atoms in total. The average Bonchev–Trinajstić information content (AvgIpc) is 3.30. The molecule has 0 N–H and O–H groups in total. The molecular formula is C26H30N2O6S. The van der Waals surface area contributed by atoms with Crippen LogP contribution in [0.4, 0.5) is 10.8 Å². The van der Waals surface area contributed by atoms with Gasteiger partial charge in [-0.05, 0) is 61.2 Å². The molecule has 0 saturated carbocycles. The lowest BCUT2D eigenvalue weighted by Gasteiger charge is -2.19. The van der Waals surface area contributed by atoms with Crippen LogP contribution in [0.25, 0.3) is 0 Å². The number of amides is 1. The third kappa shape index (κ3) is 6.30. The van der Waals surface area contributed by atoms with Gasteiger partial charge in [-0.2, -0.15) is 0 Å². The Morgan fingerprint density at radius 1 is 0.971 bits per heavy atom. The van der Waals surface area contributed by atoms with Crippen molar-refractivity contribution in [1.29, 1.82) is 0 Å². The summed E-state index contributed by atoms with van der Waals surface area (Å²) in [4.78, 5) is 30.8. The fourth-order valence-electron chi connectivity index (χ4n) is 3.51. The van der Waals surface area contributed by atoms with Gasteiger partial charge in [0.25, 0.3) is 0 Å². The second-order valence-electron chi connectivity index (χ2n) is 7.94. The molecule has 3 aromatic rings. The fraction of sp³-hybridized carbons (Fsp3) is 0.346. The number of esters is 1. The number of methoxy groups -OCH3 is 3. The zero-order valence-electron chi connectivity index (χ0n) is 20.8. The number of carbonyl (C=O) groups excluding carboxylic acids is 2. The van der Waals surface area contributed by atoms with Gasteiger partial charge in [0.1, 0.15) is 6.61 Å². The van der Waals surface area contributed by atoms with Gasteiger partial charge in [0.2, 0.25) is 11.7 Å². The summed E-state index contributed by atoms with van der Waals surface area (Å²) < 4.78 is 21.5. The van der Waals surface area contributed by atoms with Crippen molar-refractivity contribution in [1.82, 2.24) is 4.98 Å². The Hall–Kier alpha value is -3.59. The molecule has 1 amide bonds. The first-order chi connectivity index (χ1) is 16.8. The van der Waals surface area contributed by atoms with Gasteiger partial charge in [-0.1, -0.05) is 6.07 Å². The van der Waals surface area contributed by atoms with E-state index in [2.05, 4.69) is 4.98 Å². The Morgan fingerprint density at radius 3 is 2.23 bits per heavy atom. The monoisotopic (exact) mass is 498 g/mol. The van der Waals surface area contributed by atoms with Crippen LogP contribution in [0.2, 0.25) is 0 Å². The highest BCUT2D eigenvalue weighted by atomic mass is 32.1. The molecule has 0 saturated heterocycles. The first-order valence-corrected chi connectivity index (χ1v) is 11.9. The van der Waals surface area contributed by atoms with Crippen LogP contribution in [0.1, 0.15) is 35.7 Å². The second kappa shape index (κ2) is 11.7. The van der Waals surface area contributed by atoms with Crippen molar-refractivity contribution in [3.05, 3.63) is 58.1 Å². The Morgan fingerprint density at radius 2 is 1.66 bits per heavy atom. The number of anilines is 2. The van der Waals surface area contributed by atoms with E-state index in [9.17, 15) is 9.59 Å². The fourth-order valence-corrected chi connectivity index (χ4v) is 4.38. The van der Waals surface area contributed by atoms with Crippen molar-refractivity contribution in [3.8, 4) is 17.2 Å². The number of hydrogen-bond acceptors (Lipinski definition) is 8. The van der Waals surface area contributed by atoms with E-state index in [0.29, 0.717) is 34.5 Å². The summed E-state index contributed by atoms with van der Waals surface area (Å²) in [6.45, 7) is 5.55. The number of benzene rings is 2. The summed E-state index contributed by atoms with van der Waals surface area (Å²) in [5.41, 5.74) is 4.44. The summed E-state index contributed by atoms with van der Waals surface area (Å²) in [5, 5.41) is 2.32. The van der Waals surface area contributed by atoms with E-state index in [4.69, 9.17) is 18.9 Å². The second-order valence-corrected chi connectivity index (χ2v) is 8.78. The van der Waals surface area contributed by atoms with Crippen LogP contribution in [0.5, 0.6) is 17.2 Å². The molecular weight excluding hydrogens is 468 g/mol. The highest BCUT2D eigenvalue weighted by molar-refractivity contribution is 7.14. The van der Waals surface area contributed by atoms with Crippen LogP contribution in [-0.2, 0) is 27.4 Å². The van der Waals surface area contributed by atoms with Crippen molar-refractivity contribution in [2.75, 3.05) is 26.2 Å². The Labute approximate surface area is 209 Å². The topological polar surface area (TPSA) is 87.2 Å². The number of nitrogens with zero attached hydrogens (tertiary/aromatic N) is 2. The molecule has 0 spiro atoms. The minimum atomic E-state index is -0.356. The van der Waals surface area contributed by atoms with E-state index >= 15 is 0 Å². The van der Waals surface area contributed by atoms with Crippen LogP contribution in [-0.4, -0.2) is 38.2 Å². The number of aryl methyl sites for hydroxylation is 3. The summed E-state index contributed by atoms with van der Waals surface area (Å²) in [6, 6.07) is 9.45. The van der Waals surface area contributed by atoms with E-state index in [-0.39, 0.29) is 24.9 Å². The van der Waals surface area contributed by atoms with Crippen LogP contribution in [0.3, 0.4) is 0 Å². The normalized spacial score (nSPS) is 10.6. The van der Waals surface area contributed by atoms with Crippen LogP contribution in [0, 0.1) is 13.8 Å². The maximum Gasteiger partial charge on any atom is 0.306 e. The van der Waals surface area contributed by atoms with Crippen LogP contribution < -0.4 is 19.1 Å². The zero-order chi connectivity index (χ0) is 25.5. The lowest BCUT2D eigenvalue weighted by molar-refractivity contribution is -0.145. The number of hydrogen-bond donors (Lipinski definition) is 0. The van der Waals surface area contributed by atoms with Gasteiger partial charge in [-0.15, -0.1) is 11.3 Å². The molecule has 0 aliphatic heterocycles. The minimum Gasteiger partial charge on any atom is -0.493 e. The van der Waals surface area contributed by atoms with Crippen LogP contribution in [0.15, 0.2) is 35.7 Å². The molecule has 0 fully saturated rings. The molecule has 186 valence electrons. The third-order valence-electron chi connectivity index (χ3n) is 5.52. The lowest BCUT2D eigenvalue weighted by Crippen LogP contribution is -2.22. The number of aromatic nitrogens is 1. The Balaban J connectivity index is 1.62. The average molecular weight is 499 g/mol. The summed E-state index contributed by atoms with van der Waals surface area (Å²) in [5.74, 6) is 1.07. The summed E-state index contributed by atoms with van der Waals surface area (Å²) in [7, 11) is 4.63. The first kappa shape index (κ1) is 26.0. The van der Waals surface area contributed by atoms with Gasteiger partial charge in [-0.25, -0.2) is 4.98 Å². The molecule has 35 heavy (non-hydrogen) atoms.